The average molecular weight is 385 g/mol. The lowest BCUT2D eigenvalue weighted by molar-refractivity contribution is -0.750. The molecule has 0 bridgehead atoms. The summed E-state index contributed by atoms with van der Waals surface area (Å²) in [7, 11) is 0. The van der Waals surface area contributed by atoms with Crippen LogP contribution < -0.4 is 20.6 Å². The first-order valence-corrected chi connectivity index (χ1v) is 9.95. The molecule has 150 valence electrons. The smallest absolute Gasteiger partial charge is 0.289 e. The van der Waals surface area contributed by atoms with Crippen molar-refractivity contribution in [3.05, 3.63) is 49.1 Å². The summed E-state index contributed by atoms with van der Waals surface area (Å²) in [5, 5.41) is 0. The zero-order valence-electron chi connectivity index (χ0n) is 17.3. The van der Waals surface area contributed by atoms with E-state index >= 15 is 0 Å². The Labute approximate surface area is 167 Å². The molecular weight excluding hydrogens is 352 g/mol. The van der Waals surface area contributed by atoms with Crippen LogP contribution in [-0.4, -0.2) is 11.8 Å². The lowest BCUT2D eigenvalue weighted by atomic mass is 9.91. The van der Waals surface area contributed by atoms with Crippen LogP contribution in [0.4, 0.5) is 0 Å². The van der Waals surface area contributed by atoms with Crippen molar-refractivity contribution < 1.29 is 18.7 Å². The first-order chi connectivity index (χ1) is 13.3. The lowest BCUT2D eigenvalue weighted by Gasteiger charge is -2.22. The van der Waals surface area contributed by atoms with E-state index in [4.69, 9.17) is 11.5 Å². The summed E-state index contributed by atoms with van der Waals surface area (Å²) in [6, 6.07) is 7.90. The van der Waals surface area contributed by atoms with Crippen molar-refractivity contribution in [2.75, 3.05) is 0 Å². The SMILES string of the molecule is CCC(CC)(C(N)=O)[n+]1ccc(-c2cc[n+](C(CC)(CC)C(N)=O)cc2)cc1. The van der Waals surface area contributed by atoms with E-state index in [9.17, 15) is 9.59 Å². The van der Waals surface area contributed by atoms with Gasteiger partial charge in [0.15, 0.2) is 24.8 Å². The summed E-state index contributed by atoms with van der Waals surface area (Å²) in [4.78, 5) is 24.1. The van der Waals surface area contributed by atoms with E-state index in [1.54, 1.807) is 0 Å². The molecule has 2 aromatic heterocycles. The van der Waals surface area contributed by atoms with Crippen LogP contribution in [-0.2, 0) is 20.7 Å². The highest BCUT2D eigenvalue weighted by Gasteiger charge is 2.43. The molecule has 0 atom stereocenters. The summed E-state index contributed by atoms with van der Waals surface area (Å²) >= 11 is 0. The van der Waals surface area contributed by atoms with E-state index in [1.807, 2.05) is 85.9 Å². The van der Waals surface area contributed by atoms with Crippen LogP contribution in [0.15, 0.2) is 49.1 Å². The molecule has 2 aromatic rings. The molecule has 28 heavy (non-hydrogen) atoms. The fourth-order valence-corrected chi connectivity index (χ4v) is 3.99. The van der Waals surface area contributed by atoms with Crippen LogP contribution in [0.5, 0.6) is 0 Å². The molecular formula is C22H32N4O2+2. The van der Waals surface area contributed by atoms with Crippen LogP contribution in [0.1, 0.15) is 53.4 Å². The number of pyridine rings is 2. The van der Waals surface area contributed by atoms with Gasteiger partial charge in [-0.15, -0.1) is 0 Å². The third kappa shape index (κ3) is 3.51. The number of nitrogens with zero attached hydrogens (tertiary/aromatic N) is 2. The molecule has 0 aromatic carbocycles. The zero-order valence-corrected chi connectivity index (χ0v) is 17.3. The summed E-state index contributed by atoms with van der Waals surface area (Å²) < 4.78 is 3.79. The first kappa shape index (κ1) is 21.5. The Morgan fingerprint density at radius 1 is 0.679 bits per heavy atom. The number of amides is 2. The van der Waals surface area contributed by atoms with Crippen molar-refractivity contribution in [3.63, 3.8) is 0 Å². The van der Waals surface area contributed by atoms with Crippen molar-refractivity contribution in [2.24, 2.45) is 11.5 Å². The van der Waals surface area contributed by atoms with Crippen LogP contribution in [0.25, 0.3) is 11.1 Å². The fourth-order valence-electron chi connectivity index (χ4n) is 3.99. The molecule has 0 saturated heterocycles. The second-order valence-corrected chi connectivity index (χ2v) is 7.19. The molecule has 6 nitrogen and oxygen atoms in total. The number of hydrogen-bond donors (Lipinski definition) is 2. The van der Waals surface area contributed by atoms with Crippen molar-refractivity contribution in [3.8, 4) is 11.1 Å². The Morgan fingerprint density at radius 3 is 1.11 bits per heavy atom. The molecule has 0 unspecified atom stereocenters. The molecule has 2 amide bonds. The first-order valence-electron chi connectivity index (χ1n) is 9.95. The Bertz CT molecular complexity index is 749. The molecule has 0 fully saturated rings. The molecule has 0 aliphatic heterocycles. The third-order valence-electron chi connectivity index (χ3n) is 6.24. The molecule has 0 aliphatic rings. The van der Waals surface area contributed by atoms with Gasteiger partial charge in [-0.25, -0.2) is 0 Å². The minimum absolute atomic E-state index is 0.321. The zero-order chi connectivity index (χ0) is 20.9. The van der Waals surface area contributed by atoms with Crippen LogP contribution in [0.3, 0.4) is 0 Å². The maximum atomic E-state index is 12.0. The number of carbonyl (C=O) groups excluding carboxylic acids is 2. The second-order valence-electron chi connectivity index (χ2n) is 7.19. The molecule has 2 rings (SSSR count). The standard InChI is InChI=1S/C22H30N4O2/c1-5-21(6-2,19(23)27)25-13-9-17(10-14-25)18-11-15-26(16-12-18)22(7-3,8-4)20(24)28/h9-16H,5-8H2,1-4H3,(H2-2,23,24,27,28)/p+2. The molecule has 6 heteroatoms. The number of rotatable bonds is 9. The predicted octanol–water partition coefficient (Wildman–Crippen LogP) is 1.93. The van der Waals surface area contributed by atoms with Gasteiger partial charge in [-0.3, -0.25) is 9.59 Å². The Kier molecular flexibility index (Phi) is 6.54. The van der Waals surface area contributed by atoms with Gasteiger partial charge < -0.3 is 11.5 Å². The van der Waals surface area contributed by atoms with Gasteiger partial charge >= 0.3 is 0 Å². The van der Waals surface area contributed by atoms with Crippen molar-refractivity contribution in [1.29, 1.82) is 0 Å². The van der Waals surface area contributed by atoms with Gasteiger partial charge in [0.2, 0.25) is 11.1 Å². The molecule has 2 heterocycles. The summed E-state index contributed by atoms with van der Waals surface area (Å²) in [6.07, 6.45) is 10.2. The van der Waals surface area contributed by atoms with Gasteiger partial charge in [0, 0.05) is 49.9 Å². The van der Waals surface area contributed by atoms with Crippen LogP contribution in [0.2, 0.25) is 0 Å². The highest BCUT2D eigenvalue weighted by Crippen LogP contribution is 2.22. The molecule has 0 spiro atoms. The minimum Gasteiger partial charge on any atom is -0.364 e. The van der Waals surface area contributed by atoms with E-state index in [2.05, 4.69) is 0 Å². The van der Waals surface area contributed by atoms with E-state index in [-0.39, 0.29) is 11.8 Å². The quantitative estimate of drug-likeness (QED) is 0.646. The molecule has 0 radical (unpaired) electrons. The summed E-state index contributed by atoms with van der Waals surface area (Å²) in [5.41, 5.74) is 12.0. The predicted molar refractivity (Wildman–Crippen MR) is 108 cm³/mol. The Morgan fingerprint density at radius 2 is 0.929 bits per heavy atom. The number of carbonyl (C=O) groups is 2. The van der Waals surface area contributed by atoms with Gasteiger partial charge in [-0.05, 0) is 11.1 Å². The number of nitrogens with two attached hydrogens (primary N) is 2. The maximum Gasteiger partial charge on any atom is 0.289 e. The molecule has 0 aliphatic carbocycles. The van der Waals surface area contributed by atoms with E-state index < -0.39 is 11.1 Å². The van der Waals surface area contributed by atoms with E-state index in [1.165, 1.54) is 0 Å². The lowest BCUT2D eigenvalue weighted by Crippen LogP contribution is -2.62. The number of primary amides is 2. The Balaban J connectivity index is 2.37. The monoisotopic (exact) mass is 384 g/mol. The topological polar surface area (TPSA) is 93.9 Å². The van der Waals surface area contributed by atoms with Crippen LogP contribution >= 0.6 is 0 Å². The van der Waals surface area contributed by atoms with Gasteiger partial charge in [-0.2, -0.15) is 9.13 Å². The Hall–Kier alpha value is -2.76. The van der Waals surface area contributed by atoms with Crippen molar-refractivity contribution in [1.82, 2.24) is 0 Å². The third-order valence-corrected chi connectivity index (χ3v) is 6.24. The highest BCUT2D eigenvalue weighted by atomic mass is 16.2. The highest BCUT2D eigenvalue weighted by molar-refractivity contribution is 5.81. The largest absolute Gasteiger partial charge is 0.364 e. The molecule has 0 saturated carbocycles. The minimum atomic E-state index is -0.707. The van der Waals surface area contributed by atoms with Crippen molar-refractivity contribution >= 4 is 11.8 Å². The second kappa shape index (κ2) is 8.50. The fraction of sp³-hybridized carbons (Fsp3) is 0.455. The van der Waals surface area contributed by atoms with Gasteiger partial charge in [0.25, 0.3) is 11.8 Å². The summed E-state index contributed by atoms with van der Waals surface area (Å²) in [5.74, 6) is -0.643. The number of aromatic nitrogens is 2. The van der Waals surface area contributed by atoms with Gasteiger partial charge in [0.1, 0.15) is 0 Å². The van der Waals surface area contributed by atoms with Crippen LogP contribution in [0, 0.1) is 0 Å². The van der Waals surface area contributed by atoms with E-state index in [0.29, 0.717) is 25.7 Å². The normalized spacial score (nSPS) is 12.0. The number of hydrogen-bond acceptors (Lipinski definition) is 2. The maximum absolute atomic E-state index is 12.0. The average Bonchev–Trinajstić information content (AvgIpc) is 2.71. The van der Waals surface area contributed by atoms with Crippen molar-refractivity contribution in [2.45, 2.75) is 64.5 Å². The van der Waals surface area contributed by atoms with Gasteiger partial charge in [0.05, 0.1) is 0 Å². The summed E-state index contributed by atoms with van der Waals surface area (Å²) in [6.45, 7) is 7.88. The van der Waals surface area contributed by atoms with Gasteiger partial charge in [-0.1, -0.05) is 27.7 Å². The molecule has 4 N–H and O–H groups in total. The van der Waals surface area contributed by atoms with E-state index in [0.717, 1.165) is 11.1 Å².